The van der Waals surface area contributed by atoms with E-state index in [9.17, 15) is 0 Å². The average Bonchev–Trinajstić information content (AvgIpc) is 3.04. The lowest BCUT2D eigenvalue weighted by Crippen LogP contribution is -2.19. The molecule has 0 unspecified atom stereocenters. The summed E-state index contributed by atoms with van der Waals surface area (Å²) in [5, 5.41) is 3.20. The van der Waals surface area contributed by atoms with E-state index < -0.39 is 0 Å². The van der Waals surface area contributed by atoms with Gasteiger partial charge in [-0.1, -0.05) is 6.07 Å². The molecule has 3 heteroatoms. The summed E-state index contributed by atoms with van der Waals surface area (Å²) in [5.41, 5.74) is 1.30. The maximum absolute atomic E-state index is 4.36. The van der Waals surface area contributed by atoms with Crippen LogP contribution in [0.4, 0.5) is 5.82 Å². The van der Waals surface area contributed by atoms with E-state index in [0.29, 0.717) is 0 Å². The van der Waals surface area contributed by atoms with Crippen molar-refractivity contribution in [3.8, 4) is 0 Å². The minimum atomic E-state index is 0.818. The molecule has 1 aliphatic carbocycles. The Bertz CT molecular complexity index is 303. The quantitative estimate of drug-likeness (QED) is 0.798. The molecular formula is C12H19N3. The van der Waals surface area contributed by atoms with E-state index in [2.05, 4.69) is 41.3 Å². The SMILES string of the molecule is CCNc1ccc(CN(C)C2CC2)cn1. The zero-order chi connectivity index (χ0) is 10.7. The third-order valence-electron chi connectivity index (χ3n) is 2.78. The van der Waals surface area contributed by atoms with E-state index in [1.165, 1.54) is 18.4 Å². The molecule has 1 N–H and O–H groups in total. The van der Waals surface area contributed by atoms with E-state index in [1.807, 2.05) is 6.20 Å². The Hall–Kier alpha value is -1.09. The van der Waals surface area contributed by atoms with Gasteiger partial charge in [0.05, 0.1) is 0 Å². The molecule has 1 heterocycles. The molecular weight excluding hydrogens is 186 g/mol. The minimum Gasteiger partial charge on any atom is -0.370 e. The summed E-state index contributed by atoms with van der Waals surface area (Å²) < 4.78 is 0. The minimum absolute atomic E-state index is 0.818. The van der Waals surface area contributed by atoms with Crippen LogP contribution in [0.1, 0.15) is 25.3 Å². The van der Waals surface area contributed by atoms with Gasteiger partial charge in [-0.25, -0.2) is 4.98 Å². The molecule has 0 bridgehead atoms. The number of anilines is 1. The highest BCUT2D eigenvalue weighted by atomic mass is 15.1. The first kappa shape index (κ1) is 10.4. The van der Waals surface area contributed by atoms with Crippen molar-refractivity contribution in [2.75, 3.05) is 18.9 Å². The van der Waals surface area contributed by atoms with Crippen molar-refractivity contribution >= 4 is 5.82 Å². The number of rotatable bonds is 5. The van der Waals surface area contributed by atoms with E-state index in [1.54, 1.807) is 0 Å². The van der Waals surface area contributed by atoms with Gasteiger partial charge in [-0.15, -0.1) is 0 Å². The van der Waals surface area contributed by atoms with Crippen LogP contribution in [-0.2, 0) is 6.54 Å². The number of nitrogens with zero attached hydrogens (tertiary/aromatic N) is 2. The molecule has 1 aromatic rings. The van der Waals surface area contributed by atoms with Crippen molar-refractivity contribution < 1.29 is 0 Å². The lowest BCUT2D eigenvalue weighted by atomic mass is 10.2. The number of hydrogen-bond acceptors (Lipinski definition) is 3. The Morgan fingerprint density at radius 3 is 2.80 bits per heavy atom. The third kappa shape index (κ3) is 2.93. The smallest absolute Gasteiger partial charge is 0.125 e. The first-order valence-electron chi connectivity index (χ1n) is 5.68. The summed E-state index contributed by atoms with van der Waals surface area (Å²) in [4.78, 5) is 6.77. The predicted octanol–water partition coefficient (Wildman–Crippen LogP) is 2.11. The van der Waals surface area contributed by atoms with Gasteiger partial charge in [0.2, 0.25) is 0 Å². The predicted molar refractivity (Wildman–Crippen MR) is 62.9 cm³/mol. The summed E-state index contributed by atoms with van der Waals surface area (Å²) in [5.74, 6) is 0.968. The van der Waals surface area contributed by atoms with Gasteiger partial charge in [0, 0.05) is 25.3 Å². The molecule has 0 amide bonds. The molecule has 2 rings (SSSR count). The van der Waals surface area contributed by atoms with Gasteiger partial charge in [-0.2, -0.15) is 0 Å². The van der Waals surface area contributed by atoms with Crippen LogP contribution in [0.5, 0.6) is 0 Å². The summed E-state index contributed by atoms with van der Waals surface area (Å²) in [6.45, 7) is 4.02. The third-order valence-corrected chi connectivity index (χ3v) is 2.78. The highest BCUT2D eigenvalue weighted by Gasteiger charge is 2.25. The molecule has 0 radical (unpaired) electrons. The van der Waals surface area contributed by atoms with Crippen LogP contribution in [0.2, 0.25) is 0 Å². The van der Waals surface area contributed by atoms with Crippen LogP contribution in [-0.4, -0.2) is 29.5 Å². The fraction of sp³-hybridized carbons (Fsp3) is 0.583. The monoisotopic (exact) mass is 205 g/mol. The highest BCUT2D eigenvalue weighted by Crippen LogP contribution is 2.26. The fourth-order valence-electron chi connectivity index (χ4n) is 1.74. The molecule has 1 saturated carbocycles. The van der Waals surface area contributed by atoms with Gasteiger partial charge in [-0.05, 0) is 38.4 Å². The van der Waals surface area contributed by atoms with Gasteiger partial charge in [0.1, 0.15) is 5.82 Å². The van der Waals surface area contributed by atoms with Gasteiger partial charge in [-0.3, -0.25) is 4.90 Å². The average molecular weight is 205 g/mol. The molecule has 0 aromatic carbocycles. The number of hydrogen-bond donors (Lipinski definition) is 1. The molecule has 0 aliphatic heterocycles. The van der Waals surface area contributed by atoms with Crippen molar-refractivity contribution in [1.82, 2.24) is 9.88 Å². The zero-order valence-corrected chi connectivity index (χ0v) is 9.53. The molecule has 82 valence electrons. The van der Waals surface area contributed by atoms with Crippen LogP contribution >= 0.6 is 0 Å². The summed E-state index contributed by atoms with van der Waals surface area (Å²) in [6, 6.07) is 5.03. The van der Waals surface area contributed by atoms with Gasteiger partial charge >= 0.3 is 0 Å². The fourth-order valence-corrected chi connectivity index (χ4v) is 1.74. The normalized spacial score (nSPS) is 15.7. The first-order chi connectivity index (χ1) is 7.29. The van der Waals surface area contributed by atoms with Crippen molar-refractivity contribution in [2.24, 2.45) is 0 Å². The van der Waals surface area contributed by atoms with Crippen LogP contribution < -0.4 is 5.32 Å². The Kier molecular flexibility index (Phi) is 3.21. The standard InChI is InChI=1S/C12H19N3/c1-3-13-12-7-4-10(8-14-12)9-15(2)11-5-6-11/h4,7-8,11H,3,5-6,9H2,1-2H3,(H,13,14). The molecule has 1 fully saturated rings. The molecule has 0 atom stereocenters. The van der Waals surface area contributed by atoms with Gasteiger partial charge in [0.25, 0.3) is 0 Å². The lowest BCUT2D eigenvalue weighted by molar-refractivity contribution is 0.316. The van der Waals surface area contributed by atoms with E-state index >= 15 is 0 Å². The van der Waals surface area contributed by atoms with Crippen LogP contribution in [0, 0.1) is 0 Å². The second kappa shape index (κ2) is 4.62. The molecule has 1 aliphatic rings. The van der Waals surface area contributed by atoms with Crippen LogP contribution in [0.3, 0.4) is 0 Å². The summed E-state index contributed by atoms with van der Waals surface area (Å²) >= 11 is 0. The Morgan fingerprint density at radius 2 is 2.27 bits per heavy atom. The molecule has 0 saturated heterocycles. The molecule has 1 aromatic heterocycles. The maximum atomic E-state index is 4.36. The van der Waals surface area contributed by atoms with Crippen LogP contribution in [0.25, 0.3) is 0 Å². The van der Waals surface area contributed by atoms with Gasteiger partial charge < -0.3 is 5.32 Å². The Labute approximate surface area is 91.5 Å². The first-order valence-corrected chi connectivity index (χ1v) is 5.68. The van der Waals surface area contributed by atoms with E-state index in [4.69, 9.17) is 0 Å². The highest BCUT2D eigenvalue weighted by molar-refractivity contribution is 5.35. The zero-order valence-electron chi connectivity index (χ0n) is 9.53. The lowest BCUT2D eigenvalue weighted by Gasteiger charge is -2.15. The van der Waals surface area contributed by atoms with Crippen molar-refractivity contribution in [3.63, 3.8) is 0 Å². The maximum Gasteiger partial charge on any atom is 0.125 e. The molecule has 0 spiro atoms. The Balaban J connectivity index is 1.91. The van der Waals surface area contributed by atoms with Crippen LogP contribution in [0.15, 0.2) is 18.3 Å². The second-order valence-corrected chi connectivity index (χ2v) is 4.23. The largest absolute Gasteiger partial charge is 0.370 e. The van der Waals surface area contributed by atoms with Crippen molar-refractivity contribution in [1.29, 1.82) is 0 Å². The van der Waals surface area contributed by atoms with Crippen molar-refractivity contribution in [2.45, 2.75) is 32.4 Å². The summed E-state index contributed by atoms with van der Waals surface area (Å²) in [7, 11) is 2.19. The van der Waals surface area contributed by atoms with E-state index in [0.717, 1.165) is 24.9 Å². The topological polar surface area (TPSA) is 28.2 Å². The molecule has 3 nitrogen and oxygen atoms in total. The van der Waals surface area contributed by atoms with E-state index in [-0.39, 0.29) is 0 Å². The van der Waals surface area contributed by atoms with Crippen molar-refractivity contribution in [3.05, 3.63) is 23.9 Å². The van der Waals surface area contributed by atoms with Gasteiger partial charge in [0.15, 0.2) is 0 Å². The Morgan fingerprint density at radius 1 is 1.47 bits per heavy atom. The molecule has 15 heavy (non-hydrogen) atoms. The summed E-state index contributed by atoms with van der Waals surface area (Å²) in [6.07, 6.45) is 4.69. The number of nitrogens with one attached hydrogen (secondary N) is 1. The second-order valence-electron chi connectivity index (χ2n) is 4.23. The number of aromatic nitrogens is 1. The number of pyridine rings is 1.